The molecule has 2 aromatic rings. The van der Waals surface area contributed by atoms with Crippen LogP contribution in [0.2, 0.25) is 5.02 Å². The molecule has 0 saturated carbocycles. The largest absolute Gasteiger partial charge is 0.325 e. The molecule has 7 heteroatoms. The van der Waals surface area contributed by atoms with Crippen molar-refractivity contribution in [2.75, 3.05) is 11.1 Å². The van der Waals surface area contributed by atoms with E-state index < -0.39 is 21.5 Å². The van der Waals surface area contributed by atoms with Gasteiger partial charge in [-0.3, -0.25) is 4.79 Å². The number of carbonyl (C=O) groups excluding carboxylic acids is 1. The van der Waals surface area contributed by atoms with Crippen molar-refractivity contribution < 1.29 is 13.2 Å². The van der Waals surface area contributed by atoms with Gasteiger partial charge < -0.3 is 5.32 Å². The number of hydrogen-bond acceptors (Lipinski definition) is 4. The van der Waals surface area contributed by atoms with Crippen LogP contribution in [-0.4, -0.2) is 20.1 Å². The van der Waals surface area contributed by atoms with E-state index in [1.54, 1.807) is 42.5 Å². The fourth-order valence-electron chi connectivity index (χ4n) is 1.97. The van der Waals surface area contributed by atoms with E-state index in [-0.39, 0.29) is 5.75 Å². The molecule has 0 bridgehead atoms. The van der Waals surface area contributed by atoms with E-state index in [4.69, 9.17) is 16.9 Å². The number of nitrogens with one attached hydrogen (secondary N) is 1. The summed E-state index contributed by atoms with van der Waals surface area (Å²) >= 11 is 5.74. The molecule has 0 aliphatic rings. The molecule has 23 heavy (non-hydrogen) atoms. The normalized spacial score (nSPS) is 10.8. The van der Waals surface area contributed by atoms with Gasteiger partial charge in [-0.05, 0) is 42.0 Å². The Bertz CT molecular complexity index is 856. The average molecular weight is 349 g/mol. The fourth-order valence-corrected chi connectivity index (χ4v) is 3.35. The minimum absolute atomic E-state index is 0.295. The lowest BCUT2D eigenvalue weighted by atomic mass is 10.2. The van der Waals surface area contributed by atoms with Gasteiger partial charge in [0.2, 0.25) is 5.91 Å². The van der Waals surface area contributed by atoms with Gasteiger partial charge >= 0.3 is 0 Å². The molecule has 2 aromatic carbocycles. The molecule has 0 atom stereocenters. The van der Waals surface area contributed by atoms with E-state index in [0.29, 0.717) is 21.8 Å². The average Bonchev–Trinajstić information content (AvgIpc) is 2.48. The van der Waals surface area contributed by atoms with Crippen LogP contribution in [0.4, 0.5) is 5.69 Å². The standard InChI is InChI=1S/C16H13ClN2O3S/c17-14-4-6-15(7-5-14)19-16(20)11-23(21,22)10-13-3-1-2-12(8-13)9-18/h1-8H,10-11H2,(H,19,20). The van der Waals surface area contributed by atoms with E-state index in [2.05, 4.69) is 5.32 Å². The van der Waals surface area contributed by atoms with Crippen LogP contribution in [0.5, 0.6) is 0 Å². The third kappa shape index (κ3) is 5.40. The summed E-state index contributed by atoms with van der Waals surface area (Å²) in [5, 5.41) is 11.8. The molecule has 0 unspecified atom stereocenters. The molecule has 0 fully saturated rings. The molecule has 1 amide bonds. The molecule has 0 aliphatic heterocycles. The summed E-state index contributed by atoms with van der Waals surface area (Å²) in [6, 6.07) is 14.6. The molecule has 0 radical (unpaired) electrons. The molecule has 0 heterocycles. The van der Waals surface area contributed by atoms with Gasteiger partial charge in [-0.2, -0.15) is 5.26 Å². The van der Waals surface area contributed by atoms with Crippen molar-refractivity contribution in [1.82, 2.24) is 0 Å². The quantitative estimate of drug-likeness (QED) is 0.900. The van der Waals surface area contributed by atoms with Gasteiger partial charge in [-0.15, -0.1) is 0 Å². The Balaban J connectivity index is 2.01. The molecular formula is C16H13ClN2O3S. The number of hydrogen-bond donors (Lipinski definition) is 1. The molecular weight excluding hydrogens is 336 g/mol. The third-order valence-corrected chi connectivity index (χ3v) is 4.65. The highest BCUT2D eigenvalue weighted by molar-refractivity contribution is 7.91. The minimum Gasteiger partial charge on any atom is -0.325 e. The predicted octanol–water partition coefficient (Wildman–Crippen LogP) is 2.77. The first-order valence-electron chi connectivity index (χ1n) is 6.63. The van der Waals surface area contributed by atoms with Crippen molar-refractivity contribution in [1.29, 1.82) is 5.26 Å². The van der Waals surface area contributed by atoms with Crippen LogP contribution in [0.3, 0.4) is 0 Å². The molecule has 5 nitrogen and oxygen atoms in total. The van der Waals surface area contributed by atoms with Crippen LogP contribution < -0.4 is 5.32 Å². The van der Waals surface area contributed by atoms with Gasteiger partial charge in [-0.25, -0.2) is 8.42 Å². The Morgan fingerprint density at radius 1 is 1.17 bits per heavy atom. The number of amides is 1. The zero-order chi connectivity index (χ0) is 16.9. The molecule has 118 valence electrons. The third-order valence-electron chi connectivity index (χ3n) is 2.92. The number of halogens is 1. The number of nitriles is 1. The van der Waals surface area contributed by atoms with Crippen molar-refractivity contribution >= 4 is 33.0 Å². The summed E-state index contributed by atoms with van der Waals surface area (Å²) in [7, 11) is -3.63. The first kappa shape index (κ1) is 17.0. The zero-order valence-electron chi connectivity index (χ0n) is 12.0. The van der Waals surface area contributed by atoms with Gasteiger partial charge in [0.1, 0.15) is 5.75 Å². The Hall–Kier alpha value is -2.36. The van der Waals surface area contributed by atoms with Crippen molar-refractivity contribution in [3.63, 3.8) is 0 Å². The summed E-state index contributed by atoms with van der Waals surface area (Å²) in [5.74, 6) is -1.55. The predicted molar refractivity (Wildman–Crippen MR) is 88.7 cm³/mol. The molecule has 2 rings (SSSR count). The van der Waals surface area contributed by atoms with E-state index in [9.17, 15) is 13.2 Å². The number of benzene rings is 2. The van der Waals surface area contributed by atoms with Gasteiger partial charge in [0.25, 0.3) is 0 Å². The maximum atomic E-state index is 12.1. The van der Waals surface area contributed by atoms with Gasteiger partial charge in [0.15, 0.2) is 9.84 Å². The number of carbonyl (C=O) groups is 1. The number of sulfone groups is 1. The Morgan fingerprint density at radius 2 is 1.87 bits per heavy atom. The number of anilines is 1. The smallest absolute Gasteiger partial charge is 0.239 e. The summed E-state index contributed by atoms with van der Waals surface area (Å²) in [5.41, 5.74) is 1.33. The highest BCUT2D eigenvalue weighted by Gasteiger charge is 2.18. The van der Waals surface area contributed by atoms with E-state index in [1.807, 2.05) is 6.07 Å². The first-order chi connectivity index (χ1) is 10.9. The topological polar surface area (TPSA) is 87.0 Å². The van der Waals surface area contributed by atoms with Crippen molar-refractivity contribution in [2.24, 2.45) is 0 Å². The molecule has 0 aromatic heterocycles. The molecule has 0 saturated heterocycles. The SMILES string of the molecule is N#Cc1cccc(CS(=O)(=O)CC(=O)Nc2ccc(Cl)cc2)c1. The molecule has 0 spiro atoms. The first-order valence-corrected chi connectivity index (χ1v) is 8.83. The monoisotopic (exact) mass is 348 g/mol. The van der Waals surface area contributed by atoms with Crippen LogP contribution in [0.1, 0.15) is 11.1 Å². The van der Waals surface area contributed by atoms with Gasteiger partial charge in [0, 0.05) is 10.7 Å². The van der Waals surface area contributed by atoms with Crippen LogP contribution >= 0.6 is 11.6 Å². The molecule has 0 aliphatic carbocycles. The van der Waals surface area contributed by atoms with Gasteiger partial charge in [0.05, 0.1) is 17.4 Å². The summed E-state index contributed by atoms with van der Waals surface area (Å²) in [4.78, 5) is 11.9. The van der Waals surface area contributed by atoms with E-state index in [0.717, 1.165) is 0 Å². The van der Waals surface area contributed by atoms with E-state index in [1.165, 1.54) is 6.07 Å². The highest BCUT2D eigenvalue weighted by Crippen LogP contribution is 2.14. The zero-order valence-corrected chi connectivity index (χ0v) is 13.6. The minimum atomic E-state index is -3.63. The number of rotatable bonds is 5. The lowest BCUT2D eigenvalue weighted by Crippen LogP contribution is -2.23. The van der Waals surface area contributed by atoms with Gasteiger partial charge in [-0.1, -0.05) is 23.7 Å². The van der Waals surface area contributed by atoms with Crippen molar-refractivity contribution in [3.8, 4) is 6.07 Å². The van der Waals surface area contributed by atoms with Crippen molar-refractivity contribution in [2.45, 2.75) is 5.75 Å². The Morgan fingerprint density at radius 3 is 2.52 bits per heavy atom. The molecule has 1 N–H and O–H groups in total. The summed E-state index contributed by atoms with van der Waals surface area (Å²) < 4.78 is 24.2. The van der Waals surface area contributed by atoms with Crippen LogP contribution in [0, 0.1) is 11.3 Å². The Kier molecular flexibility index (Phi) is 5.37. The second-order valence-electron chi connectivity index (χ2n) is 4.90. The summed E-state index contributed by atoms with van der Waals surface area (Å²) in [6.07, 6.45) is 0. The fraction of sp³-hybridized carbons (Fsp3) is 0.125. The lowest BCUT2D eigenvalue weighted by Gasteiger charge is -2.07. The lowest BCUT2D eigenvalue weighted by molar-refractivity contribution is -0.113. The van der Waals surface area contributed by atoms with Crippen LogP contribution in [0.25, 0.3) is 0 Å². The Labute approximate surface area is 139 Å². The maximum Gasteiger partial charge on any atom is 0.239 e. The number of nitrogens with zero attached hydrogens (tertiary/aromatic N) is 1. The van der Waals surface area contributed by atoms with Crippen molar-refractivity contribution in [3.05, 3.63) is 64.7 Å². The maximum absolute atomic E-state index is 12.1. The van der Waals surface area contributed by atoms with Crippen LogP contribution in [0.15, 0.2) is 48.5 Å². The highest BCUT2D eigenvalue weighted by atomic mass is 35.5. The summed E-state index contributed by atoms with van der Waals surface area (Å²) in [6.45, 7) is 0. The second kappa shape index (κ2) is 7.27. The second-order valence-corrected chi connectivity index (χ2v) is 7.40. The van der Waals surface area contributed by atoms with Crippen LogP contribution in [-0.2, 0) is 20.4 Å². The van der Waals surface area contributed by atoms with E-state index >= 15 is 0 Å².